The first-order valence-corrected chi connectivity index (χ1v) is 11.8. The van der Waals surface area contributed by atoms with Crippen LogP contribution in [-0.2, 0) is 5.75 Å². The van der Waals surface area contributed by atoms with Gasteiger partial charge in [-0.25, -0.2) is 19.7 Å². The van der Waals surface area contributed by atoms with Crippen LogP contribution >= 0.6 is 11.8 Å². The van der Waals surface area contributed by atoms with E-state index < -0.39 is 5.56 Å². The van der Waals surface area contributed by atoms with E-state index in [9.17, 15) is 9.59 Å². The fourth-order valence-electron chi connectivity index (χ4n) is 3.78. The van der Waals surface area contributed by atoms with Crippen molar-refractivity contribution in [3.05, 3.63) is 68.4 Å². The SMILES string of the molecule is Cc1ccc(-c2nc(CSc3nc(C4CC4)nc4c3c(=O)[nH]c(=O)n4C3CC3)co2)cc1. The summed E-state index contributed by atoms with van der Waals surface area (Å²) >= 11 is 1.43. The third kappa shape index (κ3) is 3.56. The van der Waals surface area contributed by atoms with Gasteiger partial charge in [-0.3, -0.25) is 14.3 Å². The van der Waals surface area contributed by atoms with Crippen LogP contribution in [0.4, 0.5) is 0 Å². The van der Waals surface area contributed by atoms with Crippen LogP contribution in [0.2, 0.25) is 0 Å². The van der Waals surface area contributed by atoms with Crippen LogP contribution in [0.3, 0.4) is 0 Å². The number of rotatable bonds is 6. The molecule has 2 fully saturated rings. The Kier molecular flexibility index (Phi) is 4.53. The number of benzene rings is 1. The van der Waals surface area contributed by atoms with Gasteiger partial charge in [0.2, 0.25) is 5.89 Å². The zero-order chi connectivity index (χ0) is 21.8. The highest BCUT2D eigenvalue weighted by Gasteiger charge is 2.32. The Bertz CT molecular complexity index is 1450. The van der Waals surface area contributed by atoms with Crippen LogP contribution in [0.15, 0.2) is 49.6 Å². The number of nitrogens with one attached hydrogen (secondary N) is 1. The Morgan fingerprint density at radius 3 is 2.59 bits per heavy atom. The minimum Gasteiger partial charge on any atom is -0.444 e. The molecule has 2 aliphatic rings. The first kappa shape index (κ1) is 19.5. The molecular weight excluding hydrogens is 426 g/mol. The van der Waals surface area contributed by atoms with E-state index in [0.29, 0.717) is 33.6 Å². The summed E-state index contributed by atoms with van der Waals surface area (Å²) in [6, 6.07) is 8.11. The Balaban J connectivity index is 1.36. The quantitative estimate of drug-likeness (QED) is 0.352. The van der Waals surface area contributed by atoms with Gasteiger partial charge >= 0.3 is 5.69 Å². The molecule has 162 valence electrons. The van der Waals surface area contributed by atoms with E-state index >= 15 is 0 Å². The minimum atomic E-state index is -0.438. The molecule has 0 saturated heterocycles. The Morgan fingerprint density at radius 1 is 1.09 bits per heavy atom. The maximum Gasteiger partial charge on any atom is 0.330 e. The summed E-state index contributed by atoms with van der Waals surface area (Å²) in [5.41, 5.74) is 2.49. The summed E-state index contributed by atoms with van der Waals surface area (Å²) in [6.45, 7) is 2.04. The van der Waals surface area contributed by atoms with Gasteiger partial charge in [0.25, 0.3) is 5.56 Å². The molecule has 0 spiro atoms. The summed E-state index contributed by atoms with van der Waals surface area (Å²) in [7, 11) is 0. The fraction of sp³-hybridized carbons (Fsp3) is 0.348. The van der Waals surface area contributed by atoms with Crippen molar-refractivity contribution in [2.75, 3.05) is 0 Å². The molecule has 0 atom stereocenters. The number of aryl methyl sites for hydroxylation is 1. The third-order valence-corrected chi connectivity index (χ3v) is 6.84. The maximum atomic E-state index is 12.7. The highest BCUT2D eigenvalue weighted by molar-refractivity contribution is 7.98. The average Bonchev–Trinajstić information content (AvgIpc) is 3.71. The summed E-state index contributed by atoms with van der Waals surface area (Å²) in [6.07, 6.45) is 5.56. The van der Waals surface area contributed by atoms with Crippen LogP contribution in [0.1, 0.15) is 54.7 Å². The van der Waals surface area contributed by atoms with Crippen LogP contribution in [0, 0.1) is 6.92 Å². The number of oxazole rings is 1. The number of fused-ring (bicyclic) bond motifs is 1. The van der Waals surface area contributed by atoms with Gasteiger partial charge in [-0.15, -0.1) is 0 Å². The van der Waals surface area contributed by atoms with E-state index in [1.54, 1.807) is 10.8 Å². The first-order chi connectivity index (χ1) is 15.6. The Labute approximate surface area is 187 Å². The molecule has 0 bridgehead atoms. The predicted molar refractivity (Wildman–Crippen MR) is 121 cm³/mol. The zero-order valence-corrected chi connectivity index (χ0v) is 18.3. The summed E-state index contributed by atoms with van der Waals surface area (Å²) in [5, 5.41) is 0.973. The molecule has 0 amide bonds. The largest absolute Gasteiger partial charge is 0.444 e. The first-order valence-electron chi connectivity index (χ1n) is 10.8. The Hall–Kier alpha value is -3.20. The van der Waals surface area contributed by atoms with E-state index in [4.69, 9.17) is 9.40 Å². The number of thioether (sulfide) groups is 1. The molecule has 8 nitrogen and oxygen atoms in total. The number of hydrogen-bond acceptors (Lipinski definition) is 7. The normalized spacial score (nSPS) is 16.0. The highest BCUT2D eigenvalue weighted by atomic mass is 32.2. The molecule has 2 aliphatic carbocycles. The van der Waals surface area contributed by atoms with E-state index in [1.165, 1.54) is 17.3 Å². The lowest BCUT2D eigenvalue weighted by Crippen LogP contribution is -2.31. The summed E-state index contributed by atoms with van der Waals surface area (Å²) < 4.78 is 7.31. The summed E-state index contributed by atoms with van der Waals surface area (Å²) in [4.78, 5) is 41.7. The Morgan fingerprint density at radius 2 is 1.88 bits per heavy atom. The van der Waals surface area contributed by atoms with Crippen molar-refractivity contribution in [3.8, 4) is 11.5 Å². The van der Waals surface area contributed by atoms with E-state index in [0.717, 1.165) is 42.8 Å². The monoisotopic (exact) mass is 447 g/mol. The van der Waals surface area contributed by atoms with E-state index in [-0.39, 0.29) is 11.7 Å². The number of nitrogens with zero attached hydrogens (tertiary/aromatic N) is 4. The predicted octanol–water partition coefficient (Wildman–Crippen LogP) is 3.95. The minimum absolute atomic E-state index is 0.106. The van der Waals surface area contributed by atoms with Gasteiger partial charge in [0, 0.05) is 23.3 Å². The third-order valence-electron chi connectivity index (χ3n) is 5.83. The molecule has 0 radical (unpaired) electrons. The molecular formula is C23H21N5O3S. The maximum absolute atomic E-state index is 12.7. The smallest absolute Gasteiger partial charge is 0.330 e. The van der Waals surface area contributed by atoms with E-state index in [1.807, 2.05) is 31.2 Å². The molecule has 0 aliphatic heterocycles. The van der Waals surface area contributed by atoms with Gasteiger partial charge in [0.15, 0.2) is 5.65 Å². The van der Waals surface area contributed by atoms with Gasteiger partial charge in [0.1, 0.15) is 22.5 Å². The second-order valence-corrected chi connectivity index (χ2v) is 9.48. The van der Waals surface area contributed by atoms with Crippen molar-refractivity contribution in [3.63, 3.8) is 0 Å². The van der Waals surface area contributed by atoms with Crippen molar-refractivity contribution >= 4 is 22.8 Å². The lowest BCUT2D eigenvalue weighted by atomic mass is 10.1. The van der Waals surface area contributed by atoms with Crippen molar-refractivity contribution in [1.82, 2.24) is 24.5 Å². The van der Waals surface area contributed by atoms with Crippen LogP contribution < -0.4 is 11.2 Å². The molecule has 1 N–H and O–H groups in total. The van der Waals surface area contributed by atoms with Crippen LogP contribution in [0.25, 0.3) is 22.5 Å². The van der Waals surface area contributed by atoms with Gasteiger partial charge in [-0.1, -0.05) is 29.5 Å². The second kappa shape index (κ2) is 7.44. The number of H-pyrrole nitrogens is 1. The molecule has 3 heterocycles. The van der Waals surface area contributed by atoms with Gasteiger partial charge < -0.3 is 4.42 Å². The van der Waals surface area contributed by atoms with Crippen molar-refractivity contribution in [1.29, 1.82) is 0 Å². The lowest BCUT2D eigenvalue weighted by molar-refractivity contribution is 0.573. The van der Waals surface area contributed by atoms with Crippen molar-refractivity contribution in [2.24, 2.45) is 0 Å². The fourth-order valence-corrected chi connectivity index (χ4v) is 4.68. The van der Waals surface area contributed by atoms with Crippen molar-refractivity contribution in [2.45, 2.75) is 55.3 Å². The van der Waals surface area contributed by atoms with Gasteiger partial charge in [-0.05, 0) is 44.7 Å². The molecule has 1 aromatic carbocycles. The van der Waals surface area contributed by atoms with Crippen molar-refractivity contribution < 1.29 is 4.42 Å². The molecule has 9 heteroatoms. The van der Waals surface area contributed by atoms with Gasteiger partial charge in [0.05, 0.1) is 5.69 Å². The van der Waals surface area contributed by atoms with Crippen LogP contribution in [-0.4, -0.2) is 24.5 Å². The highest BCUT2D eigenvalue weighted by Crippen LogP contribution is 2.41. The molecule has 6 rings (SSSR count). The van der Waals surface area contributed by atoms with Gasteiger partial charge in [-0.2, -0.15) is 0 Å². The molecule has 2 saturated carbocycles. The molecule has 4 aromatic rings. The number of hydrogen-bond donors (Lipinski definition) is 1. The van der Waals surface area contributed by atoms with E-state index in [2.05, 4.69) is 15.0 Å². The number of aromatic nitrogens is 5. The molecule has 3 aromatic heterocycles. The van der Waals surface area contributed by atoms with Crippen LogP contribution in [0.5, 0.6) is 0 Å². The average molecular weight is 448 g/mol. The zero-order valence-electron chi connectivity index (χ0n) is 17.5. The lowest BCUT2D eigenvalue weighted by Gasteiger charge is -2.11. The molecule has 32 heavy (non-hydrogen) atoms. The number of aromatic amines is 1. The summed E-state index contributed by atoms with van der Waals surface area (Å²) in [5.74, 6) is 2.08. The standard InChI is InChI=1S/C23H21N5O3S/c1-12-2-4-14(5-3-12)21-24-15(10-31-21)11-32-22-17-19(25-18(26-22)13-6-7-13)28(16-8-9-16)23(30)27-20(17)29/h2-5,10,13,16H,6-9,11H2,1H3,(H,27,29,30). The second-order valence-electron chi connectivity index (χ2n) is 8.52. The topological polar surface area (TPSA) is 107 Å². The molecule has 0 unspecified atom stereocenters.